The van der Waals surface area contributed by atoms with E-state index in [-0.39, 0.29) is 0 Å². The number of hydrogen-bond acceptors (Lipinski definition) is 2. The molecule has 1 aliphatic rings. The normalized spacial score (nSPS) is 18.6. The van der Waals surface area contributed by atoms with Crippen LogP contribution in [-0.2, 0) is 4.79 Å². The van der Waals surface area contributed by atoms with Gasteiger partial charge in [-0.2, -0.15) is 0 Å². The Morgan fingerprint density at radius 2 is 1.89 bits per heavy atom. The van der Waals surface area contributed by atoms with Crippen molar-refractivity contribution in [3.8, 4) is 0 Å². The fourth-order valence-electron chi connectivity index (χ4n) is 2.39. The lowest BCUT2D eigenvalue weighted by Gasteiger charge is -2.32. The molecule has 18 heavy (non-hydrogen) atoms. The van der Waals surface area contributed by atoms with Gasteiger partial charge in [0.2, 0.25) is 0 Å². The second kappa shape index (κ2) is 5.91. The molecular weight excluding hydrogens is 273 g/mol. The fourth-order valence-corrected chi connectivity index (χ4v) is 2.81. The number of halogens is 2. The van der Waals surface area contributed by atoms with Crippen molar-refractivity contribution >= 4 is 29.2 Å². The molecule has 0 aromatic heterocycles. The zero-order chi connectivity index (χ0) is 13.1. The van der Waals surface area contributed by atoms with E-state index in [1.54, 1.807) is 18.2 Å². The second-order valence-electron chi connectivity index (χ2n) is 4.48. The molecule has 1 aromatic carbocycles. The van der Waals surface area contributed by atoms with Crippen LogP contribution < -0.4 is 0 Å². The Morgan fingerprint density at radius 3 is 2.50 bits per heavy atom. The molecule has 5 heteroatoms. The average Bonchev–Trinajstić information content (AvgIpc) is 2.36. The summed E-state index contributed by atoms with van der Waals surface area (Å²) in [5, 5.41) is 10.2. The van der Waals surface area contributed by atoms with Gasteiger partial charge in [-0.05, 0) is 32.0 Å². The van der Waals surface area contributed by atoms with Crippen molar-refractivity contribution in [1.82, 2.24) is 4.90 Å². The summed E-state index contributed by atoms with van der Waals surface area (Å²) in [5.74, 6) is -0.874. The Bertz CT molecular complexity index is 445. The molecule has 3 nitrogen and oxygen atoms in total. The fraction of sp³-hybridized carbons (Fsp3) is 0.462. The molecular formula is C13H15Cl2NO2. The summed E-state index contributed by atoms with van der Waals surface area (Å²) in [7, 11) is 0. The van der Waals surface area contributed by atoms with Gasteiger partial charge in [-0.15, -0.1) is 0 Å². The van der Waals surface area contributed by atoms with Crippen LogP contribution in [0.5, 0.6) is 0 Å². The van der Waals surface area contributed by atoms with Gasteiger partial charge in [0, 0.05) is 5.56 Å². The topological polar surface area (TPSA) is 40.5 Å². The van der Waals surface area contributed by atoms with Crippen LogP contribution in [0.2, 0.25) is 10.0 Å². The van der Waals surface area contributed by atoms with Crippen LogP contribution in [-0.4, -0.2) is 29.1 Å². The summed E-state index contributed by atoms with van der Waals surface area (Å²) < 4.78 is 0. The quantitative estimate of drug-likeness (QED) is 0.923. The third-order valence-corrected chi connectivity index (χ3v) is 4.10. The standard InChI is InChI=1S/C13H15Cl2NO2/c14-10-6-4-5-9(11(10)15)12(13(17)18)16-7-2-1-3-8-16/h4-6,12H,1-3,7-8H2,(H,17,18)/t12-/m1/s1. The number of carboxylic acid groups (broad SMARTS) is 1. The molecule has 1 aliphatic heterocycles. The van der Waals surface area contributed by atoms with Crippen molar-refractivity contribution < 1.29 is 9.90 Å². The molecule has 0 radical (unpaired) electrons. The number of hydrogen-bond donors (Lipinski definition) is 1. The van der Waals surface area contributed by atoms with Gasteiger partial charge in [0.05, 0.1) is 10.0 Å². The van der Waals surface area contributed by atoms with E-state index < -0.39 is 12.0 Å². The molecule has 2 rings (SSSR count). The van der Waals surface area contributed by atoms with Crippen molar-refractivity contribution in [1.29, 1.82) is 0 Å². The lowest BCUT2D eigenvalue weighted by atomic mass is 10.0. The number of carbonyl (C=O) groups is 1. The summed E-state index contributed by atoms with van der Waals surface area (Å²) in [6.45, 7) is 1.58. The van der Waals surface area contributed by atoms with E-state index >= 15 is 0 Å². The Kier molecular flexibility index (Phi) is 4.49. The molecule has 98 valence electrons. The maximum absolute atomic E-state index is 11.5. The van der Waals surface area contributed by atoms with Gasteiger partial charge in [-0.1, -0.05) is 41.8 Å². The molecule has 1 atom stereocenters. The predicted octanol–water partition coefficient (Wildman–Crippen LogP) is 3.61. The summed E-state index contributed by atoms with van der Waals surface area (Å²) >= 11 is 12.1. The Balaban J connectivity index is 2.34. The molecule has 0 saturated carbocycles. The van der Waals surface area contributed by atoms with Crippen LogP contribution >= 0.6 is 23.2 Å². The minimum atomic E-state index is -0.874. The molecule has 1 aromatic rings. The Morgan fingerprint density at radius 1 is 1.22 bits per heavy atom. The molecule has 0 aliphatic carbocycles. The van der Waals surface area contributed by atoms with Crippen LogP contribution in [0.15, 0.2) is 18.2 Å². The molecule has 1 fully saturated rings. The highest BCUT2D eigenvalue weighted by atomic mass is 35.5. The highest BCUT2D eigenvalue weighted by Crippen LogP contribution is 2.34. The summed E-state index contributed by atoms with van der Waals surface area (Å²) in [5.41, 5.74) is 0.582. The highest BCUT2D eigenvalue weighted by Gasteiger charge is 2.30. The molecule has 0 bridgehead atoms. The van der Waals surface area contributed by atoms with E-state index in [4.69, 9.17) is 23.2 Å². The van der Waals surface area contributed by atoms with E-state index in [2.05, 4.69) is 0 Å². The van der Waals surface area contributed by atoms with Crippen molar-refractivity contribution in [3.63, 3.8) is 0 Å². The van der Waals surface area contributed by atoms with E-state index in [1.807, 2.05) is 4.90 Å². The average molecular weight is 288 g/mol. The maximum Gasteiger partial charge on any atom is 0.325 e. The molecule has 0 amide bonds. The highest BCUT2D eigenvalue weighted by molar-refractivity contribution is 6.42. The van der Waals surface area contributed by atoms with Crippen molar-refractivity contribution in [2.45, 2.75) is 25.3 Å². The first-order chi connectivity index (χ1) is 8.61. The van der Waals surface area contributed by atoms with Crippen LogP contribution in [0.3, 0.4) is 0 Å². The summed E-state index contributed by atoms with van der Waals surface area (Å²) in [6, 6.07) is 4.45. The predicted molar refractivity (Wildman–Crippen MR) is 72.3 cm³/mol. The molecule has 1 heterocycles. The summed E-state index contributed by atoms with van der Waals surface area (Å²) in [6.07, 6.45) is 3.22. The van der Waals surface area contributed by atoms with Gasteiger partial charge < -0.3 is 5.11 Å². The molecule has 0 unspecified atom stereocenters. The number of aliphatic carboxylic acids is 1. The summed E-state index contributed by atoms with van der Waals surface area (Å²) in [4.78, 5) is 13.5. The van der Waals surface area contributed by atoms with Crippen LogP contribution in [0.4, 0.5) is 0 Å². The lowest BCUT2D eigenvalue weighted by molar-refractivity contribution is -0.144. The number of benzene rings is 1. The largest absolute Gasteiger partial charge is 0.480 e. The smallest absolute Gasteiger partial charge is 0.325 e. The molecule has 1 saturated heterocycles. The van der Waals surface area contributed by atoms with E-state index in [1.165, 1.54) is 0 Å². The first-order valence-electron chi connectivity index (χ1n) is 6.02. The maximum atomic E-state index is 11.5. The number of carboxylic acids is 1. The third-order valence-electron chi connectivity index (χ3n) is 3.27. The Hall–Kier alpha value is -0.770. The zero-order valence-electron chi connectivity index (χ0n) is 9.90. The first kappa shape index (κ1) is 13.7. The van der Waals surface area contributed by atoms with Gasteiger partial charge in [-0.3, -0.25) is 9.69 Å². The lowest BCUT2D eigenvalue weighted by Crippen LogP contribution is -2.38. The molecule has 1 N–H and O–H groups in total. The number of nitrogens with zero attached hydrogens (tertiary/aromatic N) is 1. The van der Waals surface area contributed by atoms with Crippen molar-refractivity contribution in [2.24, 2.45) is 0 Å². The van der Waals surface area contributed by atoms with Crippen molar-refractivity contribution in [2.75, 3.05) is 13.1 Å². The van der Waals surface area contributed by atoms with Gasteiger partial charge in [0.1, 0.15) is 6.04 Å². The monoisotopic (exact) mass is 287 g/mol. The SMILES string of the molecule is O=C(O)[C@@H](c1cccc(Cl)c1Cl)N1CCCCC1. The van der Waals surface area contributed by atoms with E-state index in [0.717, 1.165) is 32.4 Å². The van der Waals surface area contributed by atoms with Crippen LogP contribution in [0.25, 0.3) is 0 Å². The number of likely N-dealkylation sites (tertiary alicyclic amines) is 1. The Labute approximate surface area is 116 Å². The van der Waals surface area contributed by atoms with E-state index in [0.29, 0.717) is 15.6 Å². The molecule has 0 spiro atoms. The zero-order valence-corrected chi connectivity index (χ0v) is 11.4. The first-order valence-corrected chi connectivity index (χ1v) is 6.77. The van der Waals surface area contributed by atoms with E-state index in [9.17, 15) is 9.90 Å². The third kappa shape index (κ3) is 2.79. The van der Waals surface area contributed by atoms with Crippen molar-refractivity contribution in [3.05, 3.63) is 33.8 Å². The van der Waals surface area contributed by atoms with Gasteiger partial charge in [0.15, 0.2) is 0 Å². The van der Waals surface area contributed by atoms with Crippen LogP contribution in [0, 0.1) is 0 Å². The number of piperidine rings is 1. The second-order valence-corrected chi connectivity index (χ2v) is 5.27. The van der Waals surface area contributed by atoms with Gasteiger partial charge in [-0.25, -0.2) is 0 Å². The van der Waals surface area contributed by atoms with Crippen LogP contribution in [0.1, 0.15) is 30.9 Å². The van der Waals surface area contributed by atoms with Gasteiger partial charge in [0.25, 0.3) is 0 Å². The van der Waals surface area contributed by atoms with Gasteiger partial charge >= 0.3 is 5.97 Å². The number of rotatable bonds is 3. The minimum absolute atomic E-state index is 0.345. The minimum Gasteiger partial charge on any atom is -0.480 e.